The average Bonchev–Trinajstić information content (AvgIpc) is 2.39. The highest BCUT2D eigenvalue weighted by Gasteiger charge is 2.04. The molecule has 2 aromatic rings. The summed E-state index contributed by atoms with van der Waals surface area (Å²) in [5, 5.41) is 0. The Bertz CT molecular complexity index is 542. The standard InChI is InChI=1S/C16H12/c1-3-14-9-7-8-12-16(14)13(2)15-10-5-4-6-11-15/h1,4-12H,2H2. The fraction of sp³-hybridized carbons (Fsp3) is 0. The second kappa shape index (κ2) is 4.51. The molecule has 0 heterocycles. The first-order valence-electron chi connectivity index (χ1n) is 5.13. The quantitative estimate of drug-likeness (QED) is 0.654. The number of hydrogen-bond acceptors (Lipinski definition) is 0. The molecule has 0 aliphatic heterocycles. The second-order valence-electron chi connectivity index (χ2n) is 3.53. The molecule has 16 heavy (non-hydrogen) atoms. The van der Waals surface area contributed by atoms with E-state index in [0.29, 0.717) is 0 Å². The monoisotopic (exact) mass is 204 g/mol. The number of benzene rings is 2. The van der Waals surface area contributed by atoms with Crippen molar-refractivity contribution < 1.29 is 0 Å². The normalized spacial score (nSPS) is 9.44. The fourth-order valence-corrected chi connectivity index (χ4v) is 1.67. The lowest BCUT2D eigenvalue weighted by atomic mass is 9.96. The minimum absolute atomic E-state index is 0.886. The molecule has 0 aromatic heterocycles. The van der Waals surface area contributed by atoms with E-state index in [0.717, 1.165) is 22.3 Å². The van der Waals surface area contributed by atoms with Gasteiger partial charge in [0.1, 0.15) is 0 Å². The van der Waals surface area contributed by atoms with E-state index in [1.807, 2.05) is 54.6 Å². The maximum absolute atomic E-state index is 5.48. The smallest absolute Gasteiger partial charge is 0.0321 e. The molecule has 0 saturated carbocycles. The molecular weight excluding hydrogens is 192 g/mol. The van der Waals surface area contributed by atoms with E-state index in [1.165, 1.54) is 0 Å². The summed E-state index contributed by atoms with van der Waals surface area (Å²) in [5.74, 6) is 2.69. The number of rotatable bonds is 2. The third-order valence-corrected chi connectivity index (χ3v) is 2.53. The zero-order chi connectivity index (χ0) is 11.4. The summed E-state index contributed by atoms with van der Waals surface area (Å²) in [5.41, 5.74) is 3.98. The third-order valence-electron chi connectivity index (χ3n) is 2.53. The lowest BCUT2D eigenvalue weighted by molar-refractivity contribution is 1.53. The van der Waals surface area contributed by atoms with Gasteiger partial charge in [-0.25, -0.2) is 0 Å². The van der Waals surface area contributed by atoms with E-state index in [-0.39, 0.29) is 0 Å². The van der Waals surface area contributed by atoms with Crippen molar-refractivity contribution in [2.45, 2.75) is 0 Å². The molecule has 0 aliphatic carbocycles. The summed E-state index contributed by atoms with van der Waals surface area (Å²) >= 11 is 0. The average molecular weight is 204 g/mol. The van der Waals surface area contributed by atoms with Crippen LogP contribution in [-0.4, -0.2) is 0 Å². The van der Waals surface area contributed by atoms with Crippen LogP contribution in [0.25, 0.3) is 5.57 Å². The van der Waals surface area contributed by atoms with Gasteiger partial charge in [-0.3, -0.25) is 0 Å². The SMILES string of the molecule is C#Cc1ccccc1C(=C)c1ccccc1. The van der Waals surface area contributed by atoms with Crippen LogP contribution >= 0.6 is 0 Å². The van der Waals surface area contributed by atoms with Gasteiger partial charge in [0.25, 0.3) is 0 Å². The van der Waals surface area contributed by atoms with E-state index >= 15 is 0 Å². The second-order valence-corrected chi connectivity index (χ2v) is 3.53. The zero-order valence-corrected chi connectivity index (χ0v) is 8.98. The summed E-state index contributed by atoms with van der Waals surface area (Å²) in [6, 6.07) is 17.9. The summed E-state index contributed by atoms with van der Waals surface area (Å²) in [6.45, 7) is 4.11. The Balaban J connectivity index is 2.47. The molecule has 0 saturated heterocycles. The molecule has 0 aliphatic rings. The molecule has 0 N–H and O–H groups in total. The lowest BCUT2D eigenvalue weighted by Gasteiger charge is -2.08. The van der Waals surface area contributed by atoms with E-state index in [4.69, 9.17) is 6.42 Å². The van der Waals surface area contributed by atoms with Gasteiger partial charge >= 0.3 is 0 Å². The molecular formula is C16H12. The van der Waals surface area contributed by atoms with Crippen LogP contribution in [0, 0.1) is 12.3 Å². The Morgan fingerprint density at radius 3 is 2.25 bits per heavy atom. The molecule has 0 fully saturated rings. The van der Waals surface area contributed by atoms with Crippen LogP contribution in [0.2, 0.25) is 0 Å². The van der Waals surface area contributed by atoms with Crippen molar-refractivity contribution in [3.63, 3.8) is 0 Å². The molecule has 0 atom stereocenters. The van der Waals surface area contributed by atoms with Crippen molar-refractivity contribution in [2.75, 3.05) is 0 Å². The molecule has 0 heteroatoms. The number of hydrogen-bond donors (Lipinski definition) is 0. The topological polar surface area (TPSA) is 0 Å². The maximum atomic E-state index is 5.48. The van der Waals surface area contributed by atoms with Crippen molar-refractivity contribution in [1.82, 2.24) is 0 Å². The van der Waals surface area contributed by atoms with Crippen LogP contribution < -0.4 is 0 Å². The molecule has 0 nitrogen and oxygen atoms in total. The van der Waals surface area contributed by atoms with Gasteiger partial charge < -0.3 is 0 Å². The summed E-state index contributed by atoms with van der Waals surface area (Å²) in [4.78, 5) is 0. The molecule has 0 bridgehead atoms. The van der Waals surface area contributed by atoms with Gasteiger partial charge in [0.15, 0.2) is 0 Å². The molecule has 0 amide bonds. The summed E-state index contributed by atoms with van der Waals surface area (Å²) in [7, 11) is 0. The van der Waals surface area contributed by atoms with Gasteiger partial charge in [-0.05, 0) is 22.8 Å². The molecule has 2 aromatic carbocycles. The first kappa shape index (κ1) is 10.3. The molecule has 0 spiro atoms. The van der Waals surface area contributed by atoms with Crippen molar-refractivity contribution in [2.24, 2.45) is 0 Å². The van der Waals surface area contributed by atoms with Crippen LogP contribution in [0.5, 0.6) is 0 Å². The summed E-state index contributed by atoms with van der Waals surface area (Å²) < 4.78 is 0. The first-order valence-corrected chi connectivity index (χ1v) is 5.13. The Kier molecular flexibility index (Phi) is 2.89. The largest absolute Gasteiger partial charge is 0.115 e. The molecule has 2 rings (SSSR count). The zero-order valence-electron chi connectivity index (χ0n) is 8.98. The van der Waals surface area contributed by atoms with E-state index < -0.39 is 0 Å². The third kappa shape index (κ3) is 1.89. The van der Waals surface area contributed by atoms with Gasteiger partial charge in [0.05, 0.1) is 0 Å². The minimum atomic E-state index is 0.886. The van der Waals surface area contributed by atoms with Crippen LogP contribution in [0.3, 0.4) is 0 Å². The fourth-order valence-electron chi connectivity index (χ4n) is 1.67. The van der Waals surface area contributed by atoms with Gasteiger partial charge in [-0.1, -0.05) is 61.0 Å². The van der Waals surface area contributed by atoms with E-state index in [2.05, 4.69) is 12.5 Å². The summed E-state index contributed by atoms with van der Waals surface area (Å²) in [6.07, 6.45) is 5.48. The highest BCUT2D eigenvalue weighted by molar-refractivity contribution is 5.81. The Morgan fingerprint density at radius 2 is 1.56 bits per heavy atom. The van der Waals surface area contributed by atoms with Crippen molar-refractivity contribution in [1.29, 1.82) is 0 Å². The van der Waals surface area contributed by atoms with Gasteiger partial charge in [-0.15, -0.1) is 6.42 Å². The Hall–Kier alpha value is -2.26. The van der Waals surface area contributed by atoms with E-state index in [9.17, 15) is 0 Å². The molecule has 0 unspecified atom stereocenters. The molecule has 0 radical (unpaired) electrons. The van der Waals surface area contributed by atoms with Crippen molar-refractivity contribution in [3.05, 3.63) is 77.9 Å². The van der Waals surface area contributed by atoms with Crippen LogP contribution in [-0.2, 0) is 0 Å². The predicted octanol–water partition coefficient (Wildman–Crippen LogP) is 3.73. The van der Waals surface area contributed by atoms with E-state index in [1.54, 1.807) is 0 Å². The molecule has 76 valence electrons. The van der Waals surface area contributed by atoms with Crippen molar-refractivity contribution in [3.8, 4) is 12.3 Å². The predicted molar refractivity (Wildman–Crippen MR) is 69.0 cm³/mol. The van der Waals surface area contributed by atoms with Crippen LogP contribution in [0.1, 0.15) is 16.7 Å². The maximum Gasteiger partial charge on any atom is 0.0321 e. The van der Waals surface area contributed by atoms with Crippen LogP contribution in [0.15, 0.2) is 61.2 Å². The minimum Gasteiger partial charge on any atom is -0.115 e. The van der Waals surface area contributed by atoms with Gasteiger partial charge in [-0.2, -0.15) is 0 Å². The number of terminal acetylenes is 1. The first-order chi connectivity index (χ1) is 7.83. The van der Waals surface area contributed by atoms with Crippen LogP contribution in [0.4, 0.5) is 0 Å². The highest BCUT2D eigenvalue weighted by atomic mass is 14.1. The van der Waals surface area contributed by atoms with Crippen molar-refractivity contribution >= 4 is 5.57 Å². The van der Waals surface area contributed by atoms with Gasteiger partial charge in [0, 0.05) is 5.56 Å². The highest BCUT2D eigenvalue weighted by Crippen LogP contribution is 2.23. The Morgan fingerprint density at radius 1 is 0.938 bits per heavy atom. The van der Waals surface area contributed by atoms with Gasteiger partial charge in [0.2, 0.25) is 0 Å². The lowest BCUT2D eigenvalue weighted by Crippen LogP contribution is -1.89. The Labute approximate surface area is 96.3 Å².